The molecule has 0 spiro atoms. The fourth-order valence-corrected chi connectivity index (χ4v) is 2.93. The SMILES string of the molecule is OCCN1CCCC(c2nccnc2Oc2ccc(F)cc2)C1. The highest BCUT2D eigenvalue weighted by molar-refractivity contribution is 5.31. The molecule has 1 aromatic heterocycles. The van der Waals surface area contributed by atoms with Crippen LogP contribution < -0.4 is 4.74 Å². The molecule has 23 heavy (non-hydrogen) atoms. The van der Waals surface area contributed by atoms with Crippen LogP contribution in [-0.2, 0) is 0 Å². The number of rotatable bonds is 5. The summed E-state index contributed by atoms with van der Waals surface area (Å²) in [4.78, 5) is 11.0. The van der Waals surface area contributed by atoms with Gasteiger partial charge in [0.15, 0.2) is 0 Å². The molecule has 6 heteroatoms. The van der Waals surface area contributed by atoms with Gasteiger partial charge in [-0.05, 0) is 43.7 Å². The van der Waals surface area contributed by atoms with E-state index in [4.69, 9.17) is 9.84 Å². The summed E-state index contributed by atoms with van der Waals surface area (Å²) in [5, 5.41) is 9.12. The molecule has 2 heterocycles. The van der Waals surface area contributed by atoms with Gasteiger partial charge in [0.05, 0.1) is 6.61 Å². The van der Waals surface area contributed by atoms with Gasteiger partial charge in [0, 0.05) is 31.4 Å². The largest absolute Gasteiger partial charge is 0.437 e. The third kappa shape index (κ3) is 4.03. The number of β-amino-alcohol motifs (C(OH)–C–C–N with tert-alkyl or cyclic N) is 1. The number of hydrogen-bond acceptors (Lipinski definition) is 5. The van der Waals surface area contributed by atoms with Gasteiger partial charge < -0.3 is 14.7 Å². The van der Waals surface area contributed by atoms with Crippen LogP contribution >= 0.6 is 0 Å². The topological polar surface area (TPSA) is 58.5 Å². The molecule has 0 aliphatic carbocycles. The average Bonchev–Trinajstić information content (AvgIpc) is 2.58. The van der Waals surface area contributed by atoms with Gasteiger partial charge in [0.2, 0.25) is 5.88 Å². The number of aliphatic hydroxyl groups excluding tert-OH is 1. The Balaban J connectivity index is 1.78. The molecule has 0 radical (unpaired) electrons. The van der Waals surface area contributed by atoms with Crippen LogP contribution in [0.15, 0.2) is 36.7 Å². The number of aliphatic hydroxyl groups is 1. The average molecular weight is 317 g/mol. The second-order valence-electron chi connectivity index (χ2n) is 5.67. The van der Waals surface area contributed by atoms with Crippen LogP contribution in [0.2, 0.25) is 0 Å². The van der Waals surface area contributed by atoms with E-state index in [9.17, 15) is 4.39 Å². The molecule has 1 unspecified atom stereocenters. The molecule has 1 aliphatic heterocycles. The van der Waals surface area contributed by atoms with Crippen LogP contribution in [0.1, 0.15) is 24.5 Å². The highest BCUT2D eigenvalue weighted by Gasteiger charge is 2.25. The summed E-state index contributed by atoms with van der Waals surface area (Å²) in [6.07, 6.45) is 5.33. The first-order chi connectivity index (χ1) is 11.3. The fraction of sp³-hybridized carbons (Fsp3) is 0.412. The van der Waals surface area contributed by atoms with Gasteiger partial charge in [-0.2, -0.15) is 0 Å². The van der Waals surface area contributed by atoms with Gasteiger partial charge in [-0.15, -0.1) is 0 Å². The lowest BCUT2D eigenvalue weighted by atomic mass is 9.94. The third-order valence-corrected chi connectivity index (χ3v) is 4.03. The summed E-state index contributed by atoms with van der Waals surface area (Å²) >= 11 is 0. The maximum atomic E-state index is 13.0. The van der Waals surface area contributed by atoms with Gasteiger partial charge >= 0.3 is 0 Å². The van der Waals surface area contributed by atoms with Crippen molar-refractivity contribution in [2.24, 2.45) is 0 Å². The minimum Gasteiger partial charge on any atom is -0.437 e. The van der Waals surface area contributed by atoms with Gasteiger partial charge in [-0.1, -0.05) is 0 Å². The number of aromatic nitrogens is 2. The molecule has 3 rings (SSSR count). The Labute approximate surface area is 134 Å². The highest BCUT2D eigenvalue weighted by atomic mass is 19.1. The quantitative estimate of drug-likeness (QED) is 0.918. The Morgan fingerprint density at radius 1 is 1.22 bits per heavy atom. The molecule has 1 N–H and O–H groups in total. The Morgan fingerprint density at radius 3 is 2.78 bits per heavy atom. The van der Waals surface area contributed by atoms with Crippen molar-refractivity contribution in [1.82, 2.24) is 14.9 Å². The summed E-state index contributed by atoms with van der Waals surface area (Å²) < 4.78 is 18.8. The molecule has 122 valence electrons. The lowest BCUT2D eigenvalue weighted by Crippen LogP contribution is -2.36. The van der Waals surface area contributed by atoms with Crippen molar-refractivity contribution in [2.45, 2.75) is 18.8 Å². The maximum absolute atomic E-state index is 13.0. The molecule has 1 aromatic carbocycles. The fourth-order valence-electron chi connectivity index (χ4n) is 2.93. The normalized spacial score (nSPS) is 18.8. The second-order valence-corrected chi connectivity index (χ2v) is 5.67. The van der Waals surface area contributed by atoms with Crippen LogP contribution in [0.5, 0.6) is 11.6 Å². The minimum atomic E-state index is -0.302. The van der Waals surface area contributed by atoms with Crippen molar-refractivity contribution < 1.29 is 14.2 Å². The lowest BCUT2D eigenvalue weighted by Gasteiger charge is -2.32. The van der Waals surface area contributed by atoms with Crippen LogP contribution in [0.25, 0.3) is 0 Å². The van der Waals surface area contributed by atoms with Crippen molar-refractivity contribution in [3.05, 3.63) is 48.2 Å². The summed E-state index contributed by atoms with van der Waals surface area (Å²) in [7, 11) is 0. The van der Waals surface area contributed by atoms with Crippen LogP contribution in [0.3, 0.4) is 0 Å². The first-order valence-corrected chi connectivity index (χ1v) is 7.84. The molecule has 1 fully saturated rings. The standard InChI is InChI=1S/C17H20FN3O2/c18-14-3-5-15(6-4-14)23-17-16(19-7-8-20-17)13-2-1-9-21(12-13)10-11-22/h3-8,13,22H,1-2,9-12H2. The van der Waals surface area contributed by atoms with E-state index in [2.05, 4.69) is 14.9 Å². The maximum Gasteiger partial charge on any atom is 0.241 e. The molecular weight excluding hydrogens is 297 g/mol. The van der Waals surface area contributed by atoms with Crippen LogP contribution in [0, 0.1) is 5.82 Å². The number of piperidine rings is 1. The van der Waals surface area contributed by atoms with Crippen molar-refractivity contribution in [3.8, 4) is 11.6 Å². The number of hydrogen-bond donors (Lipinski definition) is 1. The smallest absolute Gasteiger partial charge is 0.241 e. The molecule has 1 aliphatic rings. The molecule has 0 saturated carbocycles. The van der Waals surface area contributed by atoms with E-state index in [0.29, 0.717) is 18.2 Å². The number of halogens is 1. The summed E-state index contributed by atoms with van der Waals surface area (Å²) in [5.41, 5.74) is 0.819. The number of benzene rings is 1. The Hall–Kier alpha value is -2.05. The van der Waals surface area contributed by atoms with Crippen molar-refractivity contribution in [2.75, 3.05) is 26.2 Å². The molecular formula is C17H20FN3O2. The van der Waals surface area contributed by atoms with Gasteiger partial charge in [0.1, 0.15) is 17.3 Å². The Bertz CT molecular complexity index is 634. The van der Waals surface area contributed by atoms with E-state index < -0.39 is 0 Å². The second kappa shape index (κ2) is 7.48. The van der Waals surface area contributed by atoms with Crippen molar-refractivity contribution >= 4 is 0 Å². The summed E-state index contributed by atoms with van der Waals surface area (Å²) in [5.74, 6) is 0.925. The molecule has 2 aromatic rings. The van der Waals surface area contributed by atoms with E-state index in [-0.39, 0.29) is 18.3 Å². The Morgan fingerprint density at radius 2 is 2.00 bits per heavy atom. The van der Waals surface area contributed by atoms with Gasteiger partial charge in [-0.3, -0.25) is 4.98 Å². The molecule has 0 bridgehead atoms. The first-order valence-electron chi connectivity index (χ1n) is 7.84. The highest BCUT2D eigenvalue weighted by Crippen LogP contribution is 2.32. The number of likely N-dealkylation sites (tertiary alicyclic amines) is 1. The van der Waals surface area contributed by atoms with E-state index in [1.807, 2.05) is 0 Å². The molecule has 5 nitrogen and oxygen atoms in total. The van der Waals surface area contributed by atoms with Crippen LogP contribution in [-0.4, -0.2) is 46.2 Å². The monoisotopic (exact) mass is 317 g/mol. The van der Waals surface area contributed by atoms with Gasteiger partial charge in [-0.25, -0.2) is 9.37 Å². The Kier molecular flexibility index (Phi) is 5.15. The van der Waals surface area contributed by atoms with E-state index >= 15 is 0 Å². The van der Waals surface area contributed by atoms with E-state index in [1.165, 1.54) is 12.1 Å². The summed E-state index contributed by atoms with van der Waals surface area (Å²) in [6, 6.07) is 5.86. The first kappa shape index (κ1) is 15.8. The van der Waals surface area contributed by atoms with Crippen LogP contribution in [0.4, 0.5) is 4.39 Å². The number of nitrogens with zero attached hydrogens (tertiary/aromatic N) is 3. The summed E-state index contributed by atoms with van der Waals surface area (Å²) in [6.45, 7) is 2.65. The van der Waals surface area contributed by atoms with E-state index in [0.717, 1.165) is 31.6 Å². The van der Waals surface area contributed by atoms with E-state index in [1.54, 1.807) is 24.5 Å². The zero-order valence-corrected chi connectivity index (χ0v) is 12.9. The molecule has 1 saturated heterocycles. The predicted octanol–water partition coefficient (Wildman–Crippen LogP) is 2.58. The zero-order chi connectivity index (χ0) is 16.1. The van der Waals surface area contributed by atoms with Crippen molar-refractivity contribution in [1.29, 1.82) is 0 Å². The minimum absolute atomic E-state index is 0.159. The molecule has 1 atom stereocenters. The third-order valence-electron chi connectivity index (χ3n) is 4.03. The van der Waals surface area contributed by atoms with Gasteiger partial charge in [0.25, 0.3) is 0 Å². The lowest BCUT2D eigenvalue weighted by molar-refractivity contribution is 0.159. The van der Waals surface area contributed by atoms with Crippen molar-refractivity contribution in [3.63, 3.8) is 0 Å². The predicted molar refractivity (Wildman–Crippen MR) is 84.0 cm³/mol. The number of ether oxygens (including phenoxy) is 1. The molecule has 0 amide bonds. The zero-order valence-electron chi connectivity index (χ0n) is 12.9.